The lowest BCUT2D eigenvalue weighted by Crippen LogP contribution is -2.32. The van der Waals surface area contributed by atoms with E-state index in [1.54, 1.807) is 6.07 Å². The Morgan fingerprint density at radius 2 is 2.19 bits per heavy atom. The smallest absolute Gasteiger partial charge is 0.253 e. The molecule has 2 rings (SSSR count). The largest absolute Gasteiger partial charge is 0.382 e. The number of carbonyl (C=O) groups is 1. The highest BCUT2D eigenvalue weighted by molar-refractivity contribution is 6.33. The third kappa shape index (κ3) is 2.44. The number of carbonyl (C=O) groups excluding carboxylic acids is 1. The molecule has 0 unspecified atom stereocenters. The zero-order chi connectivity index (χ0) is 11.5. The lowest BCUT2D eigenvalue weighted by atomic mass is 10.2. The molecule has 0 atom stereocenters. The number of nitrogen functional groups attached to an aromatic ring is 1. The van der Waals surface area contributed by atoms with E-state index in [9.17, 15) is 4.79 Å². The van der Waals surface area contributed by atoms with Gasteiger partial charge in [0.2, 0.25) is 0 Å². The molecule has 0 spiro atoms. The number of amides is 1. The van der Waals surface area contributed by atoms with Crippen LogP contribution in [0.1, 0.15) is 36.0 Å². The lowest BCUT2D eigenvalue weighted by Gasteiger charge is -2.11. The standard InChI is InChI=1S/C11H14ClN3O/c12-9-5-7(6-14-10(9)13)11(16)15-8-3-1-2-4-8/h5-6,8H,1-4H2,(H2,13,14)(H,15,16). The fraction of sp³-hybridized carbons (Fsp3) is 0.455. The van der Waals surface area contributed by atoms with E-state index < -0.39 is 0 Å². The first kappa shape index (κ1) is 11.2. The Morgan fingerprint density at radius 1 is 1.50 bits per heavy atom. The van der Waals surface area contributed by atoms with Gasteiger partial charge in [-0.2, -0.15) is 0 Å². The number of anilines is 1. The molecule has 0 radical (unpaired) electrons. The number of pyridine rings is 1. The van der Waals surface area contributed by atoms with E-state index in [-0.39, 0.29) is 11.7 Å². The summed E-state index contributed by atoms with van der Waals surface area (Å²) in [6.45, 7) is 0. The highest BCUT2D eigenvalue weighted by Crippen LogP contribution is 2.19. The van der Waals surface area contributed by atoms with Gasteiger partial charge in [0.15, 0.2) is 0 Å². The van der Waals surface area contributed by atoms with Crippen LogP contribution in [0.4, 0.5) is 5.82 Å². The Morgan fingerprint density at radius 3 is 2.81 bits per heavy atom. The van der Waals surface area contributed by atoms with E-state index in [1.165, 1.54) is 19.0 Å². The number of nitrogens with zero attached hydrogens (tertiary/aromatic N) is 1. The summed E-state index contributed by atoms with van der Waals surface area (Å²) in [6, 6.07) is 1.84. The van der Waals surface area contributed by atoms with Gasteiger partial charge in [-0.3, -0.25) is 4.79 Å². The van der Waals surface area contributed by atoms with Crippen LogP contribution in [-0.4, -0.2) is 16.9 Å². The van der Waals surface area contributed by atoms with Gasteiger partial charge in [-0.1, -0.05) is 24.4 Å². The predicted octanol–water partition coefficient (Wildman–Crippen LogP) is 1.99. The predicted molar refractivity (Wildman–Crippen MR) is 63.4 cm³/mol. The Kier molecular flexibility index (Phi) is 3.29. The molecule has 0 aliphatic heterocycles. The van der Waals surface area contributed by atoms with Crippen molar-refractivity contribution in [3.05, 3.63) is 22.8 Å². The first-order chi connectivity index (χ1) is 7.66. The highest BCUT2D eigenvalue weighted by atomic mass is 35.5. The molecule has 16 heavy (non-hydrogen) atoms. The maximum absolute atomic E-state index is 11.8. The maximum Gasteiger partial charge on any atom is 0.253 e. The van der Waals surface area contributed by atoms with Gasteiger partial charge in [0, 0.05) is 12.2 Å². The van der Waals surface area contributed by atoms with Crippen LogP contribution in [0.5, 0.6) is 0 Å². The van der Waals surface area contributed by atoms with Gasteiger partial charge in [0.1, 0.15) is 5.82 Å². The van der Waals surface area contributed by atoms with Crippen LogP contribution >= 0.6 is 11.6 Å². The number of rotatable bonds is 2. The van der Waals surface area contributed by atoms with Crippen molar-refractivity contribution in [2.75, 3.05) is 5.73 Å². The minimum atomic E-state index is -0.124. The Labute approximate surface area is 99.2 Å². The Balaban J connectivity index is 2.05. The first-order valence-corrected chi connectivity index (χ1v) is 5.76. The summed E-state index contributed by atoms with van der Waals surface area (Å²) in [7, 11) is 0. The van der Waals surface area contributed by atoms with E-state index in [2.05, 4.69) is 10.3 Å². The molecule has 1 aromatic heterocycles. The normalized spacial score (nSPS) is 16.3. The molecule has 5 heteroatoms. The second-order valence-corrected chi connectivity index (χ2v) is 4.45. The molecule has 1 fully saturated rings. The van der Waals surface area contributed by atoms with Gasteiger partial charge < -0.3 is 11.1 Å². The SMILES string of the molecule is Nc1ncc(C(=O)NC2CCCC2)cc1Cl. The quantitative estimate of drug-likeness (QED) is 0.829. The molecule has 1 saturated carbocycles. The molecular formula is C11H14ClN3O. The fourth-order valence-electron chi connectivity index (χ4n) is 1.91. The average molecular weight is 240 g/mol. The first-order valence-electron chi connectivity index (χ1n) is 5.38. The zero-order valence-corrected chi connectivity index (χ0v) is 9.63. The third-order valence-corrected chi connectivity index (χ3v) is 3.12. The molecule has 4 nitrogen and oxygen atoms in total. The zero-order valence-electron chi connectivity index (χ0n) is 8.87. The molecule has 3 N–H and O–H groups in total. The van der Waals surface area contributed by atoms with E-state index >= 15 is 0 Å². The lowest BCUT2D eigenvalue weighted by molar-refractivity contribution is 0.0937. The van der Waals surface area contributed by atoms with Crippen molar-refractivity contribution in [1.82, 2.24) is 10.3 Å². The number of hydrogen-bond acceptors (Lipinski definition) is 3. The van der Waals surface area contributed by atoms with Crippen LogP contribution in [0, 0.1) is 0 Å². The Hall–Kier alpha value is -1.29. The van der Waals surface area contributed by atoms with Gasteiger partial charge >= 0.3 is 0 Å². The van der Waals surface area contributed by atoms with Gasteiger partial charge in [0.05, 0.1) is 10.6 Å². The monoisotopic (exact) mass is 239 g/mol. The summed E-state index contributed by atoms with van der Waals surface area (Å²) < 4.78 is 0. The maximum atomic E-state index is 11.8. The third-order valence-electron chi connectivity index (χ3n) is 2.82. The molecule has 0 bridgehead atoms. The summed E-state index contributed by atoms with van der Waals surface area (Å²) >= 11 is 5.81. The van der Waals surface area contributed by atoms with Crippen molar-refractivity contribution in [2.45, 2.75) is 31.7 Å². The molecule has 86 valence electrons. The minimum absolute atomic E-state index is 0.124. The van der Waals surface area contributed by atoms with E-state index in [0.29, 0.717) is 16.6 Å². The highest BCUT2D eigenvalue weighted by Gasteiger charge is 2.18. The number of nitrogens with one attached hydrogen (secondary N) is 1. The number of halogens is 1. The van der Waals surface area contributed by atoms with Crippen molar-refractivity contribution >= 4 is 23.3 Å². The van der Waals surface area contributed by atoms with E-state index in [4.69, 9.17) is 17.3 Å². The topological polar surface area (TPSA) is 68.0 Å². The Bertz CT molecular complexity index is 402. The van der Waals surface area contributed by atoms with Gasteiger partial charge in [-0.05, 0) is 18.9 Å². The molecule has 1 aliphatic rings. The molecule has 1 aromatic rings. The van der Waals surface area contributed by atoms with Crippen LogP contribution in [0.25, 0.3) is 0 Å². The minimum Gasteiger partial charge on any atom is -0.382 e. The van der Waals surface area contributed by atoms with Crippen LogP contribution in [0.3, 0.4) is 0 Å². The van der Waals surface area contributed by atoms with Crippen molar-refractivity contribution < 1.29 is 4.79 Å². The van der Waals surface area contributed by atoms with Crippen LogP contribution < -0.4 is 11.1 Å². The van der Waals surface area contributed by atoms with Crippen molar-refractivity contribution in [3.8, 4) is 0 Å². The molecule has 1 aliphatic carbocycles. The molecule has 1 heterocycles. The number of nitrogens with two attached hydrogens (primary N) is 1. The van der Waals surface area contributed by atoms with Crippen molar-refractivity contribution in [2.24, 2.45) is 0 Å². The van der Waals surface area contributed by atoms with Gasteiger partial charge in [-0.25, -0.2) is 4.98 Å². The molecule has 0 aromatic carbocycles. The van der Waals surface area contributed by atoms with Gasteiger partial charge in [-0.15, -0.1) is 0 Å². The second kappa shape index (κ2) is 4.70. The van der Waals surface area contributed by atoms with Crippen molar-refractivity contribution in [1.29, 1.82) is 0 Å². The van der Waals surface area contributed by atoms with E-state index in [1.807, 2.05) is 0 Å². The average Bonchev–Trinajstić information content (AvgIpc) is 2.74. The molecule has 0 saturated heterocycles. The summed E-state index contributed by atoms with van der Waals surface area (Å²) in [5, 5.41) is 3.28. The summed E-state index contributed by atoms with van der Waals surface area (Å²) in [4.78, 5) is 15.7. The molecular weight excluding hydrogens is 226 g/mol. The number of hydrogen-bond donors (Lipinski definition) is 2. The number of aromatic nitrogens is 1. The fourth-order valence-corrected chi connectivity index (χ4v) is 2.08. The van der Waals surface area contributed by atoms with Crippen molar-refractivity contribution in [3.63, 3.8) is 0 Å². The molecule has 1 amide bonds. The van der Waals surface area contributed by atoms with Crippen LogP contribution in [0.15, 0.2) is 12.3 Å². The second-order valence-electron chi connectivity index (χ2n) is 4.05. The summed E-state index contributed by atoms with van der Waals surface area (Å²) in [5.74, 6) is 0.125. The van der Waals surface area contributed by atoms with E-state index in [0.717, 1.165) is 12.8 Å². The summed E-state index contributed by atoms with van der Waals surface area (Å²) in [6.07, 6.45) is 5.94. The summed E-state index contributed by atoms with van der Waals surface area (Å²) in [5.41, 5.74) is 5.94. The van der Waals surface area contributed by atoms with Crippen LogP contribution in [0.2, 0.25) is 5.02 Å². The van der Waals surface area contributed by atoms with Gasteiger partial charge in [0.25, 0.3) is 5.91 Å². The van der Waals surface area contributed by atoms with Crippen LogP contribution in [-0.2, 0) is 0 Å².